The van der Waals surface area contributed by atoms with Crippen molar-refractivity contribution < 1.29 is 9.59 Å². The minimum Gasteiger partial charge on any atom is -0.337 e. The second-order valence-corrected chi connectivity index (χ2v) is 4.92. The number of hydrogen-bond donors (Lipinski definition) is 2. The summed E-state index contributed by atoms with van der Waals surface area (Å²) in [6, 6.07) is -0.617. The lowest BCUT2D eigenvalue weighted by Gasteiger charge is -2.20. The highest BCUT2D eigenvalue weighted by molar-refractivity contribution is 6.01. The molecule has 0 radical (unpaired) electrons. The van der Waals surface area contributed by atoms with Gasteiger partial charge in [-0.3, -0.25) is 19.6 Å². The molecule has 2 aromatic heterocycles. The van der Waals surface area contributed by atoms with E-state index in [1.54, 1.807) is 17.9 Å². The summed E-state index contributed by atoms with van der Waals surface area (Å²) < 4.78 is 1.77. The van der Waals surface area contributed by atoms with E-state index in [9.17, 15) is 9.59 Å². The number of aromatic amines is 1. The molecule has 0 saturated heterocycles. The van der Waals surface area contributed by atoms with E-state index in [4.69, 9.17) is 0 Å². The first kappa shape index (κ1) is 13.3. The van der Waals surface area contributed by atoms with Crippen LogP contribution in [0.4, 0.5) is 5.82 Å². The van der Waals surface area contributed by atoms with Gasteiger partial charge < -0.3 is 5.32 Å². The number of nitrogens with one attached hydrogen (secondary N) is 2. The zero-order valence-corrected chi connectivity index (χ0v) is 11.7. The summed E-state index contributed by atoms with van der Waals surface area (Å²) in [5.74, 6) is 0.223. The van der Waals surface area contributed by atoms with Gasteiger partial charge in [0.1, 0.15) is 18.2 Å². The molecule has 0 bridgehead atoms. The van der Waals surface area contributed by atoms with Crippen molar-refractivity contribution >= 4 is 17.6 Å². The van der Waals surface area contributed by atoms with Crippen LogP contribution in [0, 0.1) is 6.92 Å². The minimum atomic E-state index is -0.617. The highest BCUT2D eigenvalue weighted by Crippen LogP contribution is 2.23. The van der Waals surface area contributed by atoms with Crippen molar-refractivity contribution in [2.45, 2.75) is 25.9 Å². The first-order chi connectivity index (χ1) is 10.1. The normalized spacial score (nSPS) is 18.3. The number of aryl methyl sites for hydroxylation is 2. The Labute approximate surface area is 120 Å². The number of nitrogens with zero attached hydrogens (tertiary/aromatic N) is 5. The third kappa shape index (κ3) is 2.26. The summed E-state index contributed by atoms with van der Waals surface area (Å²) in [5.41, 5.74) is 0.924. The molecule has 0 fully saturated rings. The minimum absolute atomic E-state index is 0.0867. The molecule has 0 aliphatic carbocycles. The van der Waals surface area contributed by atoms with E-state index in [0.29, 0.717) is 13.0 Å². The van der Waals surface area contributed by atoms with Gasteiger partial charge in [0.15, 0.2) is 0 Å². The topological polar surface area (TPSA) is 109 Å². The van der Waals surface area contributed by atoms with Crippen LogP contribution >= 0.6 is 0 Å². The van der Waals surface area contributed by atoms with Gasteiger partial charge in [0, 0.05) is 19.2 Å². The smallest absolute Gasteiger partial charge is 0.289 e. The summed E-state index contributed by atoms with van der Waals surface area (Å²) in [6.45, 7) is 2.46. The molecule has 3 rings (SSSR count). The third-order valence-electron chi connectivity index (χ3n) is 3.50. The highest BCUT2D eigenvalue weighted by Gasteiger charge is 2.31. The number of anilines is 1. The first-order valence-corrected chi connectivity index (χ1v) is 6.54. The number of amides is 2. The Morgan fingerprint density at radius 2 is 2.33 bits per heavy atom. The Kier molecular flexibility index (Phi) is 3.16. The van der Waals surface area contributed by atoms with E-state index in [1.165, 1.54) is 11.2 Å². The fraction of sp³-hybridized carbons (Fsp3) is 0.417. The van der Waals surface area contributed by atoms with Gasteiger partial charge in [0.2, 0.25) is 5.82 Å². The molecule has 1 aliphatic heterocycles. The summed E-state index contributed by atoms with van der Waals surface area (Å²) in [4.78, 5) is 29.8. The van der Waals surface area contributed by atoms with E-state index in [1.807, 2.05) is 6.92 Å². The quantitative estimate of drug-likeness (QED) is 0.773. The van der Waals surface area contributed by atoms with Gasteiger partial charge in [-0.05, 0) is 13.3 Å². The standard InChI is InChI=1S/C12H15N7O2/c1-7-5-15-19-4-3-8(12(21)18(2)11(7)19)16-10(20)9-13-6-14-17-9/h5-6,8H,3-4H2,1-2H3,(H,16,20)(H,13,14,17). The molecule has 0 saturated carbocycles. The largest absolute Gasteiger partial charge is 0.337 e. The maximum atomic E-state index is 12.5. The number of hydrogen-bond acceptors (Lipinski definition) is 5. The fourth-order valence-electron chi connectivity index (χ4n) is 2.46. The predicted molar refractivity (Wildman–Crippen MR) is 72.6 cm³/mol. The van der Waals surface area contributed by atoms with Crippen molar-refractivity contribution in [3.8, 4) is 0 Å². The fourth-order valence-corrected chi connectivity index (χ4v) is 2.46. The van der Waals surface area contributed by atoms with E-state index in [0.717, 1.165) is 11.4 Å². The SMILES string of the molecule is Cc1cnn2c1N(C)C(=O)C(NC(=O)c1ncn[nH]1)CC2. The van der Waals surface area contributed by atoms with Gasteiger partial charge >= 0.3 is 0 Å². The molecule has 9 nitrogen and oxygen atoms in total. The number of likely N-dealkylation sites (N-methyl/N-ethyl adjacent to an activating group) is 1. The van der Waals surface area contributed by atoms with Crippen molar-refractivity contribution in [3.05, 3.63) is 23.9 Å². The van der Waals surface area contributed by atoms with Crippen molar-refractivity contribution in [1.29, 1.82) is 0 Å². The zero-order valence-electron chi connectivity index (χ0n) is 11.7. The van der Waals surface area contributed by atoms with Crippen molar-refractivity contribution in [2.75, 3.05) is 11.9 Å². The number of H-pyrrole nitrogens is 1. The van der Waals surface area contributed by atoms with Crippen LogP contribution in [-0.4, -0.2) is 49.9 Å². The zero-order chi connectivity index (χ0) is 15.0. The molecular formula is C12H15N7O2. The van der Waals surface area contributed by atoms with Gasteiger partial charge in [-0.15, -0.1) is 0 Å². The van der Waals surface area contributed by atoms with Gasteiger partial charge in [0.25, 0.3) is 11.8 Å². The number of carbonyl (C=O) groups is 2. The van der Waals surface area contributed by atoms with Crippen LogP contribution < -0.4 is 10.2 Å². The second-order valence-electron chi connectivity index (χ2n) is 4.92. The van der Waals surface area contributed by atoms with Crippen LogP contribution in [0.2, 0.25) is 0 Å². The molecule has 21 heavy (non-hydrogen) atoms. The molecule has 2 amide bonds. The average molecular weight is 289 g/mol. The van der Waals surface area contributed by atoms with E-state index in [-0.39, 0.29) is 11.7 Å². The van der Waals surface area contributed by atoms with E-state index in [2.05, 4.69) is 25.6 Å². The van der Waals surface area contributed by atoms with E-state index >= 15 is 0 Å². The molecule has 2 N–H and O–H groups in total. The van der Waals surface area contributed by atoms with Crippen LogP contribution in [0.25, 0.3) is 0 Å². The number of fused-ring (bicyclic) bond motifs is 1. The molecule has 0 aromatic carbocycles. The lowest BCUT2D eigenvalue weighted by Crippen LogP contribution is -2.47. The summed E-state index contributed by atoms with van der Waals surface area (Å²) in [7, 11) is 1.68. The summed E-state index contributed by atoms with van der Waals surface area (Å²) in [6.07, 6.45) is 3.44. The molecule has 1 aliphatic rings. The Morgan fingerprint density at radius 1 is 1.52 bits per heavy atom. The van der Waals surface area contributed by atoms with Gasteiger partial charge in [-0.2, -0.15) is 10.2 Å². The Balaban J connectivity index is 1.80. The molecule has 1 atom stereocenters. The summed E-state index contributed by atoms with van der Waals surface area (Å²) in [5, 5.41) is 13.0. The number of rotatable bonds is 2. The molecule has 2 aromatic rings. The van der Waals surface area contributed by atoms with Crippen LogP contribution in [0.3, 0.4) is 0 Å². The van der Waals surface area contributed by atoms with Crippen LogP contribution in [0.1, 0.15) is 22.6 Å². The Hall–Kier alpha value is -2.71. The average Bonchev–Trinajstić information content (AvgIpc) is 3.09. The van der Waals surface area contributed by atoms with E-state index < -0.39 is 11.9 Å². The van der Waals surface area contributed by atoms with Crippen LogP contribution in [0.5, 0.6) is 0 Å². The predicted octanol–water partition coefficient (Wildman–Crippen LogP) is -0.525. The van der Waals surface area contributed by atoms with Gasteiger partial charge in [-0.25, -0.2) is 9.67 Å². The van der Waals surface area contributed by atoms with Gasteiger partial charge in [0.05, 0.1) is 6.20 Å². The van der Waals surface area contributed by atoms with Crippen LogP contribution in [0.15, 0.2) is 12.5 Å². The molecule has 9 heteroatoms. The molecule has 110 valence electrons. The van der Waals surface area contributed by atoms with Crippen LogP contribution in [-0.2, 0) is 11.3 Å². The molecule has 1 unspecified atom stereocenters. The molecule has 3 heterocycles. The molecule has 0 spiro atoms. The molecular weight excluding hydrogens is 274 g/mol. The lowest BCUT2D eigenvalue weighted by atomic mass is 10.2. The lowest BCUT2D eigenvalue weighted by molar-refractivity contribution is -0.120. The van der Waals surface area contributed by atoms with Crippen molar-refractivity contribution in [1.82, 2.24) is 30.3 Å². The monoisotopic (exact) mass is 289 g/mol. The Bertz CT molecular complexity index is 676. The second kappa shape index (κ2) is 5.00. The number of aromatic nitrogens is 5. The third-order valence-corrected chi connectivity index (χ3v) is 3.50. The first-order valence-electron chi connectivity index (χ1n) is 6.54. The maximum Gasteiger partial charge on any atom is 0.289 e. The van der Waals surface area contributed by atoms with Crippen molar-refractivity contribution in [3.63, 3.8) is 0 Å². The maximum absolute atomic E-state index is 12.5. The van der Waals surface area contributed by atoms with Crippen molar-refractivity contribution in [2.24, 2.45) is 0 Å². The summed E-state index contributed by atoms with van der Waals surface area (Å²) >= 11 is 0. The number of carbonyl (C=O) groups excluding carboxylic acids is 2. The van der Waals surface area contributed by atoms with Gasteiger partial charge in [-0.1, -0.05) is 0 Å². The Morgan fingerprint density at radius 3 is 3.05 bits per heavy atom. The highest BCUT2D eigenvalue weighted by atomic mass is 16.2.